The van der Waals surface area contributed by atoms with Crippen molar-refractivity contribution >= 4 is 6.29 Å². The molecule has 15 heavy (non-hydrogen) atoms. The van der Waals surface area contributed by atoms with Crippen molar-refractivity contribution in [3.63, 3.8) is 0 Å². The predicted molar refractivity (Wildman–Crippen MR) is 56.7 cm³/mol. The fourth-order valence-corrected chi connectivity index (χ4v) is 1.40. The number of nitrogens with zero attached hydrogens (tertiary/aromatic N) is 1. The quantitative estimate of drug-likeness (QED) is 0.705. The number of allylic oxidation sites excluding steroid dienone is 3. The first-order chi connectivity index (χ1) is 7.29. The van der Waals surface area contributed by atoms with Crippen LogP contribution < -0.4 is 4.74 Å². The minimum atomic E-state index is 0.377. The summed E-state index contributed by atoms with van der Waals surface area (Å²) in [6.45, 7) is 2.03. The van der Waals surface area contributed by atoms with Crippen LogP contribution in [-0.2, 0) is 0 Å². The van der Waals surface area contributed by atoms with Crippen LogP contribution in [0.1, 0.15) is 23.7 Å². The van der Waals surface area contributed by atoms with E-state index in [2.05, 4.69) is 4.98 Å². The maximum atomic E-state index is 10.7. The van der Waals surface area contributed by atoms with Gasteiger partial charge in [0, 0.05) is 12.6 Å². The predicted octanol–water partition coefficient (Wildman–Crippen LogP) is 2.51. The third kappa shape index (κ3) is 2.13. The summed E-state index contributed by atoms with van der Waals surface area (Å²) in [5.41, 5.74) is 1.72. The van der Waals surface area contributed by atoms with Gasteiger partial charge in [0.1, 0.15) is 5.76 Å². The lowest BCUT2D eigenvalue weighted by Crippen LogP contribution is -1.98. The van der Waals surface area contributed by atoms with Crippen LogP contribution in [0.2, 0.25) is 0 Å². The molecule has 3 nitrogen and oxygen atoms in total. The van der Waals surface area contributed by atoms with Gasteiger partial charge in [-0.25, -0.2) is 4.98 Å². The van der Waals surface area contributed by atoms with Gasteiger partial charge in [-0.3, -0.25) is 4.79 Å². The number of hydrogen-bond acceptors (Lipinski definition) is 3. The monoisotopic (exact) mass is 201 g/mol. The molecule has 0 aromatic carbocycles. The summed E-state index contributed by atoms with van der Waals surface area (Å²) >= 11 is 0. The normalized spacial score (nSPS) is 14.5. The molecule has 1 aliphatic rings. The molecule has 1 aliphatic carbocycles. The Morgan fingerprint density at radius 2 is 2.33 bits per heavy atom. The molecular formula is C12H11NO2. The van der Waals surface area contributed by atoms with E-state index in [-0.39, 0.29) is 0 Å². The van der Waals surface area contributed by atoms with Gasteiger partial charge < -0.3 is 4.74 Å². The van der Waals surface area contributed by atoms with Gasteiger partial charge in [-0.2, -0.15) is 0 Å². The van der Waals surface area contributed by atoms with Crippen LogP contribution in [0.4, 0.5) is 0 Å². The zero-order chi connectivity index (χ0) is 10.7. The molecule has 0 fully saturated rings. The third-order valence-electron chi connectivity index (χ3n) is 2.16. The first-order valence-electron chi connectivity index (χ1n) is 4.74. The maximum absolute atomic E-state index is 10.7. The van der Waals surface area contributed by atoms with E-state index in [1.54, 1.807) is 18.3 Å². The Morgan fingerprint density at radius 1 is 1.47 bits per heavy atom. The van der Waals surface area contributed by atoms with Crippen molar-refractivity contribution in [2.45, 2.75) is 13.3 Å². The number of carbonyl (C=O) groups is 1. The molecule has 0 atom stereocenters. The summed E-state index contributed by atoms with van der Waals surface area (Å²) in [6, 6.07) is 3.40. The Balaban J connectivity index is 2.15. The third-order valence-corrected chi connectivity index (χ3v) is 2.16. The van der Waals surface area contributed by atoms with Crippen LogP contribution in [0.25, 0.3) is 0 Å². The summed E-state index contributed by atoms with van der Waals surface area (Å²) in [5.74, 6) is 1.20. The fraction of sp³-hybridized carbons (Fsp3) is 0.167. The highest BCUT2D eigenvalue weighted by atomic mass is 16.5. The van der Waals surface area contributed by atoms with E-state index >= 15 is 0 Å². The van der Waals surface area contributed by atoms with Crippen LogP contribution in [0.3, 0.4) is 0 Å². The molecule has 0 aliphatic heterocycles. The first-order valence-corrected chi connectivity index (χ1v) is 4.74. The summed E-state index contributed by atoms with van der Waals surface area (Å²) < 4.78 is 5.53. The lowest BCUT2D eigenvalue weighted by atomic mass is 10.2. The van der Waals surface area contributed by atoms with Crippen molar-refractivity contribution < 1.29 is 9.53 Å². The van der Waals surface area contributed by atoms with Gasteiger partial charge in [-0.05, 0) is 25.1 Å². The molecule has 76 valence electrons. The average molecular weight is 201 g/mol. The van der Waals surface area contributed by atoms with Crippen LogP contribution in [0.15, 0.2) is 41.8 Å². The van der Waals surface area contributed by atoms with Gasteiger partial charge in [0.15, 0.2) is 6.29 Å². The molecule has 1 aromatic heterocycles. The smallest absolute Gasteiger partial charge is 0.229 e. The molecule has 0 saturated carbocycles. The number of ether oxygens (including phenoxy) is 1. The number of aromatic nitrogens is 1. The van der Waals surface area contributed by atoms with E-state index in [9.17, 15) is 4.79 Å². The van der Waals surface area contributed by atoms with Crippen LogP contribution in [0, 0.1) is 0 Å². The average Bonchev–Trinajstić information content (AvgIpc) is 2.65. The largest absolute Gasteiger partial charge is 0.442 e. The second-order valence-electron chi connectivity index (χ2n) is 3.44. The number of rotatable bonds is 3. The minimum absolute atomic E-state index is 0.377. The molecule has 0 bridgehead atoms. The van der Waals surface area contributed by atoms with E-state index in [0.29, 0.717) is 11.4 Å². The van der Waals surface area contributed by atoms with Gasteiger partial charge in [-0.1, -0.05) is 11.6 Å². The summed E-state index contributed by atoms with van der Waals surface area (Å²) in [7, 11) is 0. The van der Waals surface area contributed by atoms with Crippen molar-refractivity contribution in [3.8, 4) is 5.88 Å². The highest BCUT2D eigenvalue weighted by Gasteiger charge is 2.10. The molecule has 0 radical (unpaired) electrons. The molecule has 0 N–H and O–H groups in total. The number of aldehydes is 1. The molecule has 0 saturated heterocycles. The van der Waals surface area contributed by atoms with E-state index < -0.39 is 0 Å². The van der Waals surface area contributed by atoms with Crippen molar-refractivity contribution in [1.82, 2.24) is 4.98 Å². The zero-order valence-electron chi connectivity index (χ0n) is 8.43. The molecule has 0 amide bonds. The van der Waals surface area contributed by atoms with Crippen LogP contribution >= 0.6 is 0 Å². The van der Waals surface area contributed by atoms with E-state index in [1.165, 1.54) is 5.57 Å². The molecule has 1 aromatic rings. The first kappa shape index (κ1) is 9.65. The van der Waals surface area contributed by atoms with Gasteiger partial charge >= 0.3 is 0 Å². The summed E-state index contributed by atoms with van der Waals surface area (Å²) in [5, 5.41) is 0. The molecule has 0 spiro atoms. The number of carbonyl (C=O) groups excluding carboxylic acids is 1. The van der Waals surface area contributed by atoms with Gasteiger partial charge in [-0.15, -0.1) is 0 Å². The van der Waals surface area contributed by atoms with Gasteiger partial charge in [0.05, 0.1) is 5.56 Å². The van der Waals surface area contributed by atoms with Crippen molar-refractivity contribution in [1.29, 1.82) is 0 Å². The Hall–Kier alpha value is -1.90. The second kappa shape index (κ2) is 4.09. The lowest BCUT2D eigenvalue weighted by Gasteiger charge is -2.07. The van der Waals surface area contributed by atoms with E-state index in [4.69, 9.17) is 4.74 Å². The second-order valence-corrected chi connectivity index (χ2v) is 3.44. The van der Waals surface area contributed by atoms with Crippen molar-refractivity contribution in [2.75, 3.05) is 0 Å². The maximum Gasteiger partial charge on any atom is 0.229 e. The van der Waals surface area contributed by atoms with Gasteiger partial charge in [0.2, 0.25) is 5.88 Å². The van der Waals surface area contributed by atoms with Gasteiger partial charge in [0.25, 0.3) is 0 Å². The van der Waals surface area contributed by atoms with Crippen LogP contribution in [-0.4, -0.2) is 11.3 Å². The minimum Gasteiger partial charge on any atom is -0.442 e. The molecule has 2 rings (SSSR count). The fourth-order valence-electron chi connectivity index (χ4n) is 1.40. The van der Waals surface area contributed by atoms with Crippen molar-refractivity contribution in [3.05, 3.63) is 47.4 Å². The molecule has 3 heteroatoms. The molecular weight excluding hydrogens is 190 g/mol. The Bertz CT molecular complexity index is 447. The zero-order valence-corrected chi connectivity index (χ0v) is 8.43. The Morgan fingerprint density at radius 3 is 3.00 bits per heavy atom. The molecule has 1 heterocycles. The van der Waals surface area contributed by atoms with E-state index in [1.807, 2.05) is 19.1 Å². The Kier molecular flexibility index (Phi) is 2.63. The highest BCUT2D eigenvalue weighted by molar-refractivity contribution is 5.78. The molecule has 0 unspecified atom stereocenters. The summed E-state index contributed by atoms with van der Waals surface area (Å²) in [6.07, 6.45) is 7.04. The SMILES string of the molecule is CC1=CC=C(Oc2ncccc2C=O)C1. The standard InChI is InChI=1S/C12H11NO2/c1-9-4-5-11(7-9)15-12-10(8-14)3-2-6-13-12/h2-6,8H,7H2,1H3. The van der Waals surface area contributed by atoms with E-state index in [0.717, 1.165) is 18.5 Å². The number of pyridine rings is 1. The number of hydrogen-bond donors (Lipinski definition) is 0. The summed E-state index contributed by atoms with van der Waals surface area (Å²) in [4.78, 5) is 14.7. The topological polar surface area (TPSA) is 39.2 Å². The van der Waals surface area contributed by atoms with Crippen molar-refractivity contribution in [2.24, 2.45) is 0 Å². The Labute approximate surface area is 88.1 Å². The van der Waals surface area contributed by atoms with Crippen LogP contribution in [0.5, 0.6) is 5.88 Å². The lowest BCUT2D eigenvalue weighted by molar-refractivity contribution is 0.112. The highest BCUT2D eigenvalue weighted by Crippen LogP contribution is 2.22.